The van der Waals surface area contributed by atoms with E-state index in [-0.39, 0.29) is 12.0 Å². The highest BCUT2D eigenvalue weighted by Gasteiger charge is 2.21. The monoisotopic (exact) mass is 255 g/mol. The van der Waals surface area contributed by atoms with Crippen molar-refractivity contribution in [2.45, 2.75) is 26.4 Å². The van der Waals surface area contributed by atoms with Crippen molar-refractivity contribution >= 4 is 29.3 Å². The summed E-state index contributed by atoms with van der Waals surface area (Å²) in [7, 11) is 1.68. The lowest BCUT2D eigenvalue weighted by Crippen LogP contribution is -2.37. The summed E-state index contributed by atoms with van der Waals surface area (Å²) in [6.07, 6.45) is -0.345. The lowest BCUT2D eigenvalue weighted by molar-refractivity contribution is 0.0282. The standard InChI is InChI=1S/C10H19Cl2NO2/c1-10(2,3)15-9(14)13(4)7-8(5-11)6-12/h8H,5-7H2,1-4H3. The fraction of sp³-hybridized carbons (Fsp3) is 0.900. The van der Waals surface area contributed by atoms with Crippen LogP contribution in [0.3, 0.4) is 0 Å². The van der Waals surface area contributed by atoms with Gasteiger partial charge in [0.05, 0.1) is 0 Å². The van der Waals surface area contributed by atoms with Gasteiger partial charge in [-0.15, -0.1) is 23.2 Å². The molecule has 3 nitrogen and oxygen atoms in total. The SMILES string of the molecule is CN(CC(CCl)CCl)C(=O)OC(C)(C)C. The number of halogens is 2. The molecule has 0 bridgehead atoms. The molecule has 0 saturated heterocycles. The number of hydrogen-bond donors (Lipinski definition) is 0. The Balaban J connectivity index is 4.09. The minimum Gasteiger partial charge on any atom is -0.444 e. The van der Waals surface area contributed by atoms with Gasteiger partial charge in [-0.2, -0.15) is 0 Å². The number of alkyl halides is 2. The van der Waals surface area contributed by atoms with E-state index in [1.807, 2.05) is 20.8 Å². The lowest BCUT2D eigenvalue weighted by atomic mass is 10.2. The first kappa shape index (κ1) is 14.8. The number of amides is 1. The summed E-state index contributed by atoms with van der Waals surface area (Å²) in [6, 6.07) is 0. The minimum atomic E-state index is -0.469. The highest BCUT2D eigenvalue weighted by atomic mass is 35.5. The van der Waals surface area contributed by atoms with Gasteiger partial charge in [-0.1, -0.05) is 0 Å². The molecule has 5 heteroatoms. The first-order chi connectivity index (χ1) is 6.80. The summed E-state index contributed by atoms with van der Waals surface area (Å²) in [6.45, 7) is 6.01. The number of carbonyl (C=O) groups is 1. The van der Waals surface area contributed by atoms with Crippen molar-refractivity contribution in [3.63, 3.8) is 0 Å². The molecule has 0 N–H and O–H groups in total. The predicted molar refractivity (Wildman–Crippen MR) is 63.8 cm³/mol. The second kappa shape index (κ2) is 6.44. The van der Waals surface area contributed by atoms with E-state index in [0.29, 0.717) is 18.3 Å². The second-order valence-electron chi connectivity index (χ2n) is 4.54. The van der Waals surface area contributed by atoms with Crippen LogP contribution in [-0.2, 0) is 4.74 Å². The van der Waals surface area contributed by atoms with E-state index in [0.717, 1.165) is 0 Å². The van der Waals surface area contributed by atoms with Crippen LogP contribution in [0.2, 0.25) is 0 Å². The van der Waals surface area contributed by atoms with Gasteiger partial charge >= 0.3 is 6.09 Å². The zero-order valence-electron chi connectivity index (χ0n) is 9.72. The third-order valence-corrected chi connectivity index (χ3v) is 2.55. The third-order valence-electron chi connectivity index (χ3n) is 1.67. The van der Waals surface area contributed by atoms with Crippen LogP contribution >= 0.6 is 23.2 Å². The van der Waals surface area contributed by atoms with E-state index in [9.17, 15) is 4.79 Å². The molecule has 90 valence electrons. The van der Waals surface area contributed by atoms with E-state index < -0.39 is 5.60 Å². The quantitative estimate of drug-likeness (QED) is 0.724. The number of rotatable bonds is 4. The number of ether oxygens (including phenoxy) is 1. The van der Waals surface area contributed by atoms with Gasteiger partial charge < -0.3 is 9.64 Å². The van der Waals surface area contributed by atoms with E-state index in [1.165, 1.54) is 4.90 Å². The highest BCUT2D eigenvalue weighted by molar-refractivity contribution is 6.20. The van der Waals surface area contributed by atoms with Crippen LogP contribution in [0.25, 0.3) is 0 Å². The molecule has 0 aliphatic carbocycles. The summed E-state index contributed by atoms with van der Waals surface area (Å²) >= 11 is 11.4. The van der Waals surface area contributed by atoms with E-state index in [1.54, 1.807) is 7.05 Å². The fourth-order valence-corrected chi connectivity index (χ4v) is 1.47. The molecule has 0 atom stereocenters. The molecule has 15 heavy (non-hydrogen) atoms. The number of nitrogens with zero attached hydrogens (tertiary/aromatic N) is 1. The maximum absolute atomic E-state index is 11.5. The molecular weight excluding hydrogens is 237 g/mol. The van der Waals surface area contributed by atoms with Gasteiger partial charge in [0, 0.05) is 31.3 Å². The Bertz CT molecular complexity index is 200. The molecule has 0 unspecified atom stereocenters. The molecular formula is C10H19Cl2NO2. The van der Waals surface area contributed by atoms with Gasteiger partial charge in [0.2, 0.25) is 0 Å². The van der Waals surface area contributed by atoms with Crippen LogP contribution in [0.15, 0.2) is 0 Å². The van der Waals surface area contributed by atoms with Crippen molar-refractivity contribution in [2.24, 2.45) is 5.92 Å². The number of hydrogen-bond acceptors (Lipinski definition) is 2. The molecule has 0 aromatic carbocycles. The Kier molecular flexibility index (Phi) is 6.37. The van der Waals surface area contributed by atoms with Gasteiger partial charge in [-0.25, -0.2) is 4.79 Å². The summed E-state index contributed by atoms with van der Waals surface area (Å²) in [5.41, 5.74) is -0.469. The molecule has 0 aliphatic heterocycles. The molecule has 0 aromatic rings. The molecule has 0 fully saturated rings. The minimum absolute atomic E-state index is 0.103. The maximum atomic E-state index is 11.5. The van der Waals surface area contributed by atoms with E-state index >= 15 is 0 Å². The summed E-state index contributed by atoms with van der Waals surface area (Å²) in [5, 5.41) is 0. The third kappa shape index (κ3) is 6.85. The predicted octanol–water partition coefficient (Wildman–Crippen LogP) is 2.95. The Morgan fingerprint density at radius 2 is 1.80 bits per heavy atom. The Hall–Kier alpha value is -0.150. The molecule has 0 radical (unpaired) electrons. The Morgan fingerprint density at radius 1 is 1.33 bits per heavy atom. The lowest BCUT2D eigenvalue weighted by Gasteiger charge is -2.26. The van der Waals surface area contributed by atoms with E-state index in [4.69, 9.17) is 27.9 Å². The first-order valence-corrected chi connectivity index (χ1v) is 5.93. The van der Waals surface area contributed by atoms with E-state index in [2.05, 4.69) is 0 Å². The largest absolute Gasteiger partial charge is 0.444 e. The Labute approximate surface area is 102 Å². The molecule has 0 rings (SSSR count). The smallest absolute Gasteiger partial charge is 0.410 e. The van der Waals surface area contributed by atoms with Gasteiger partial charge in [0.15, 0.2) is 0 Å². The molecule has 0 spiro atoms. The average molecular weight is 256 g/mol. The summed E-state index contributed by atoms with van der Waals surface area (Å²) < 4.78 is 5.19. The van der Waals surface area contributed by atoms with Crippen LogP contribution in [0.5, 0.6) is 0 Å². The summed E-state index contributed by atoms with van der Waals surface area (Å²) in [5.74, 6) is 0.985. The zero-order chi connectivity index (χ0) is 12.1. The Morgan fingerprint density at radius 3 is 2.13 bits per heavy atom. The van der Waals surface area contributed by atoms with Crippen molar-refractivity contribution in [3.8, 4) is 0 Å². The zero-order valence-corrected chi connectivity index (χ0v) is 11.2. The molecule has 0 aliphatic rings. The molecule has 0 heterocycles. The van der Waals surface area contributed by atoms with Crippen LogP contribution < -0.4 is 0 Å². The van der Waals surface area contributed by atoms with Crippen LogP contribution in [0, 0.1) is 5.92 Å². The highest BCUT2D eigenvalue weighted by Crippen LogP contribution is 2.11. The van der Waals surface area contributed by atoms with Crippen molar-refractivity contribution in [3.05, 3.63) is 0 Å². The molecule has 0 saturated carbocycles. The number of carbonyl (C=O) groups excluding carboxylic acids is 1. The summed E-state index contributed by atoms with van der Waals surface area (Å²) in [4.78, 5) is 13.0. The van der Waals surface area contributed by atoms with Crippen molar-refractivity contribution < 1.29 is 9.53 Å². The van der Waals surface area contributed by atoms with Crippen molar-refractivity contribution in [2.75, 3.05) is 25.4 Å². The van der Waals surface area contributed by atoms with Crippen LogP contribution in [0.1, 0.15) is 20.8 Å². The fourth-order valence-electron chi connectivity index (χ4n) is 0.941. The van der Waals surface area contributed by atoms with Gasteiger partial charge in [-0.05, 0) is 20.8 Å². The van der Waals surface area contributed by atoms with Crippen molar-refractivity contribution in [1.82, 2.24) is 4.90 Å². The average Bonchev–Trinajstić information content (AvgIpc) is 2.10. The normalized spacial score (nSPS) is 11.7. The maximum Gasteiger partial charge on any atom is 0.410 e. The molecule has 1 amide bonds. The van der Waals surface area contributed by atoms with Gasteiger partial charge in [0.1, 0.15) is 5.60 Å². The first-order valence-electron chi connectivity index (χ1n) is 4.86. The van der Waals surface area contributed by atoms with Gasteiger partial charge in [0.25, 0.3) is 0 Å². The topological polar surface area (TPSA) is 29.5 Å². The van der Waals surface area contributed by atoms with Crippen LogP contribution in [-0.4, -0.2) is 41.9 Å². The van der Waals surface area contributed by atoms with Gasteiger partial charge in [-0.3, -0.25) is 0 Å². The molecule has 0 aromatic heterocycles. The second-order valence-corrected chi connectivity index (χ2v) is 5.15. The van der Waals surface area contributed by atoms with Crippen molar-refractivity contribution in [1.29, 1.82) is 0 Å². The van der Waals surface area contributed by atoms with Crippen LogP contribution in [0.4, 0.5) is 4.79 Å².